The van der Waals surface area contributed by atoms with E-state index in [4.69, 9.17) is 10.5 Å². The third-order valence-corrected chi connectivity index (χ3v) is 4.95. The molecule has 8 heteroatoms. The highest BCUT2D eigenvalue weighted by Crippen LogP contribution is 2.23. The Morgan fingerprint density at radius 3 is 2.70 bits per heavy atom. The van der Waals surface area contributed by atoms with Crippen molar-refractivity contribution in [3.63, 3.8) is 0 Å². The van der Waals surface area contributed by atoms with Crippen molar-refractivity contribution >= 4 is 34.8 Å². The number of hydrogen-bond donors (Lipinski definition) is 1. The van der Waals surface area contributed by atoms with Crippen LogP contribution < -0.4 is 15.4 Å². The van der Waals surface area contributed by atoms with E-state index in [0.717, 1.165) is 10.7 Å². The zero-order chi connectivity index (χ0) is 19.2. The Kier molecular flexibility index (Phi) is 5.97. The first-order chi connectivity index (χ1) is 13.1. The van der Waals surface area contributed by atoms with Crippen LogP contribution >= 0.6 is 11.8 Å². The average Bonchev–Trinajstić information content (AvgIpc) is 3.10. The van der Waals surface area contributed by atoms with Crippen LogP contribution in [0.5, 0.6) is 5.75 Å². The van der Waals surface area contributed by atoms with Crippen molar-refractivity contribution in [3.05, 3.63) is 54.9 Å². The van der Waals surface area contributed by atoms with Gasteiger partial charge in [0.25, 0.3) is 0 Å². The highest BCUT2D eigenvalue weighted by molar-refractivity contribution is 7.99. The predicted octanol–water partition coefficient (Wildman–Crippen LogP) is 2.34. The van der Waals surface area contributed by atoms with Gasteiger partial charge in [0.2, 0.25) is 11.8 Å². The molecule has 0 atom stereocenters. The van der Waals surface area contributed by atoms with Gasteiger partial charge in [0, 0.05) is 24.8 Å². The third kappa shape index (κ3) is 4.59. The number of hydrogen-bond acceptors (Lipinski definition) is 5. The normalized spacial score (nSPS) is 10.7. The summed E-state index contributed by atoms with van der Waals surface area (Å²) >= 11 is 1.35. The number of methoxy groups -OCH3 is 1. The number of thioether (sulfide) groups is 1. The highest BCUT2D eigenvalue weighted by atomic mass is 32.2. The van der Waals surface area contributed by atoms with Crippen molar-refractivity contribution < 1.29 is 14.3 Å². The number of aromatic nitrogens is 2. The topological polar surface area (TPSA) is 89.9 Å². The number of ether oxygens (including phenoxy) is 1. The highest BCUT2D eigenvalue weighted by Gasteiger charge is 2.18. The molecule has 0 saturated carbocycles. The van der Waals surface area contributed by atoms with Crippen LogP contribution in [0.25, 0.3) is 5.52 Å². The molecule has 2 N–H and O–H groups in total. The number of fused-ring (bicyclic) bond motifs is 1. The predicted molar refractivity (Wildman–Crippen MR) is 105 cm³/mol. The molecule has 7 nitrogen and oxygen atoms in total. The number of imidazole rings is 1. The molecule has 3 aromatic rings. The molecule has 0 radical (unpaired) electrons. The number of carbonyl (C=O) groups excluding carboxylic acids is 2. The lowest BCUT2D eigenvalue weighted by Crippen LogP contribution is -2.35. The first kappa shape index (κ1) is 18.8. The lowest BCUT2D eigenvalue weighted by molar-refractivity contribution is -0.118. The molecule has 0 fully saturated rings. The number of benzene rings is 1. The summed E-state index contributed by atoms with van der Waals surface area (Å²) < 4.78 is 7.08. The molecular weight excluding hydrogens is 364 g/mol. The summed E-state index contributed by atoms with van der Waals surface area (Å²) in [7, 11) is 1.58. The molecule has 3 rings (SSSR count). The van der Waals surface area contributed by atoms with Gasteiger partial charge < -0.3 is 15.4 Å². The van der Waals surface area contributed by atoms with E-state index in [1.165, 1.54) is 11.8 Å². The minimum atomic E-state index is -0.451. The fraction of sp³-hybridized carbons (Fsp3) is 0.211. The monoisotopic (exact) mass is 384 g/mol. The molecule has 2 amide bonds. The summed E-state index contributed by atoms with van der Waals surface area (Å²) in [5, 5.41) is 0.739. The average molecular weight is 384 g/mol. The molecule has 0 unspecified atom stereocenters. The maximum Gasteiger partial charge on any atom is 0.237 e. The van der Waals surface area contributed by atoms with E-state index in [0.29, 0.717) is 11.4 Å². The van der Waals surface area contributed by atoms with Crippen LogP contribution in [0.1, 0.15) is 6.42 Å². The summed E-state index contributed by atoms with van der Waals surface area (Å²) in [5.74, 6) is 0.310. The molecule has 0 saturated heterocycles. The lowest BCUT2D eigenvalue weighted by Gasteiger charge is -2.22. The van der Waals surface area contributed by atoms with Gasteiger partial charge in [-0.1, -0.05) is 17.8 Å². The molecule has 2 aromatic heterocycles. The van der Waals surface area contributed by atoms with E-state index >= 15 is 0 Å². The Morgan fingerprint density at radius 1 is 1.22 bits per heavy atom. The van der Waals surface area contributed by atoms with Gasteiger partial charge in [-0.05, 0) is 36.4 Å². The Balaban J connectivity index is 1.74. The maximum atomic E-state index is 12.8. The molecule has 0 aliphatic heterocycles. The van der Waals surface area contributed by atoms with Crippen LogP contribution in [0.15, 0.2) is 60.0 Å². The molecule has 0 spiro atoms. The Labute approximate surface area is 161 Å². The Hall–Kier alpha value is -3.00. The van der Waals surface area contributed by atoms with Crippen LogP contribution in [-0.4, -0.2) is 40.6 Å². The lowest BCUT2D eigenvalue weighted by atomic mass is 10.2. The Morgan fingerprint density at radius 2 is 2.00 bits per heavy atom. The molecule has 1 aromatic carbocycles. The molecule has 2 heterocycles. The van der Waals surface area contributed by atoms with Crippen LogP contribution in [0.4, 0.5) is 5.69 Å². The van der Waals surface area contributed by atoms with Gasteiger partial charge >= 0.3 is 0 Å². The smallest absolute Gasteiger partial charge is 0.237 e. The van der Waals surface area contributed by atoms with Crippen LogP contribution in [0.3, 0.4) is 0 Å². The summed E-state index contributed by atoms with van der Waals surface area (Å²) in [6, 6.07) is 12.9. The fourth-order valence-corrected chi connectivity index (χ4v) is 3.45. The SMILES string of the molecule is COc1ccc(N(CCC(N)=O)C(=O)CSc2ncc3ccccn23)cc1. The molecule has 27 heavy (non-hydrogen) atoms. The fourth-order valence-electron chi connectivity index (χ4n) is 2.61. The van der Waals surface area contributed by atoms with Gasteiger partial charge in [-0.2, -0.15) is 0 Å². The van der Waals surface area contributed by atoms with E-state index in [-0.39, 0.29) is 24.6 Å². The van der Waals surface area contributed by atoms with E-state index in [1.807, 2.05) is 28.8 Å². The minimum Gasteiger partial charge on any atom is -0.497 e. The van der Waals surface area contributed by atoms with Crippen LogP contribution in [0.2, 0.25) is 0 Å². The van der Waals surface area contributed by atoms with Crippen molar-refractivity contribution in [2.45, 2.75) is 11.6 Å². The first-order valence-corrected chi connectivity index (χ1v) is 9.34. The standard InChI is InChI=1S/C19H20N4O3S/c1-26-16-7-5-14(6-8-16)22(11-9-17(20)24)18(25)13-27-19-21-12-15-4-2-3-10-23(15)19/h2-8,10,12H,9,11,13H2,1H3,(H2,20,24). The van der Waals surface area contributed by atoms with E-state index in [1.54, 1.807) is 42.5 Å². The number of amides is 2. The molecular formula is C19H20N4O3S. The number of nitrogens with zero attached hydrogens (tertiary/aromatic N) is 3. The van der Waals surface area contributed by atoms with E-state index in [9.17, 15) is 9.59 Å². The Bertz CT molecular complexity index is 940. The zero-order valence-electron chi connectivity index (χ0n) is 14.9. The van der Waals surface area contributed by atoms with E-state index in [2.05, 4.69) is 4.98 Å². The molecule has 0 aliphatic carbocycles. The van der Waals surface area contributed by atoms with Gasteiger partial charge in [-0.25, -0.2) is 4.98 Å². The third-order valence-electron chi connectivity index (χ3n) is 4.00. The molecule has 0 aliphatic rings. The summed E-state index contributed by atoms with van der Waals surface area (Å²) in [5.41, 5.74) is 6.92. The second-order valence-corrected chi connectivity index (χ2v) is 6.73. The van der Waals surface area contributed by atoms with Crippen molar-refractivity contribution in [3.8, 4) is 5.75 Å². The molecule has 0 bridgehead atoms. The van der Waals surface area contributed by atoms with Gasteiger partial charge in [0.1, 0.15) is 5.75 Å². The number of pyridine rings is 1. The van der Waals surface area contributed by atoms with Crippen LogP contribution in [-0.2, 0) is 9.59 Å². The van der Waals surface area contributed by atoms with Gasteiger partial charge in [-0.3, -0.25) is 14.0 Å². The zero-order valence-corrected chi connectivity index (χ0v) is 15.7. The summed E-state index contributed by atoms with van der Waals surface area (Å²) in [4.78, 5) is 29.9. The largest absolute Gasteiger partial charge is 0.497 e. The summed E-state index contributed by atoms with van der Waals surface area (Å²) in [6.45, 7) is 0.226. The van der Waals surface area contributed by atoms with Crippen molar-refractivity contribution in [1.82, 2.24) is 9.38 Å². The second kappa shape index (κ2) is 8.59. The quantitative estimate of drug-likeness (QED) is 0.602. The number of carbonyl (C=O) groups is 2. The maximum absolute atomic E-state index is 12.8. The minimum absolute atomic E-state index is 0.0920. The number of nitrogens with two attached hydrogens (primary N) is 1. The van der Waals surface area contributed by atoms with Gasteiger partial charge in [0.05, 0.1) is 24.6 Å². The number of rotatable bonds is 8. The summed E-state index contributed by atoms with van der Waals surface area (Å²) in [6.07, 6.45) is 3.76. The number of anilines is 1. The van der Waals surface area contributed by atoms with Crippen LogP contribution in [0, 0.1) is 0 Å². The first-order valence-electron chi connectivity index (χ1n) is 8.36. The number of primary amides is 1. The van der Waals surface area contributed by atoms with Crippen molar-refractivity contribution in [2.75, 3.05) is 24.3 Å². The van der Waals surface area contributed by atoms with E-state index < -0.39 is 5.91 Å². The van der Waals surface area contributed by atoms with Crippen molar-refractivity contribution in [1.29, 1.82) is 0 Å². The van der Waals surface area contributed by atoms with Crippen molar-refractivity contribution in [2.24, 2.45) is 5.73 Å². The van der Waals surface area contributed by atoms with Gasteiger partial charge in [-0.15, -0.1) is 0 Å². The second-order valence-electron chi connectivity index (χ2n) is 5.78. The van der Waals surface area contributed by atoms with Gasteiger partial charge in [0.15, 0.2) is 5.16 Å². The molecule has 140 valence electrons.